The van der Waals surface area contributed by atoms with Gasteiger partial charge in [0.2, 0.25) is 0 Å². The van der Waals surface area contributed by atoms with Crippen LogP contribution in [0, 0.1) is 5.92 Å². The monoisotopic (exact) mass is 325 g/mol. The van der Waals surface area contributed by atoms with Gasteiger partial charge in [-0.15, -0.1) is 0 Å². The minimum absolute atomic E-state index is 0.0744. The van der Waals surface area contributed by atoms with Crippen LogP contribution in [0.2, 0.25) is 0 Å². The van der Waals surface area contributed by atoms with Crippen LogP contribution in [0.1, 0.15) is 23.2 Å². The van der Waals surface area contributed by atoms with Crippen molar-refractivity contribution in [3.63, 3.8) is 0 Å². The number of amides is 1. The first-order valence-electron chi connectivity index (χ1n) is 6.39. The lowest BCUT2D eigenvalue weighted by Crippen LogP contribution is -2.64. The summed E-state index contributed by atoms with van der Waals surface area (Å²) in [6, 6.07) is 5.35. The maximum Gasteiger partial charge on any atom is 0.257 e. The van der Waals surface area contributed by atoms with E-state index in [9.17, 15) is 9.90 Å². The Balaban J connectivity index is 1.75. The Bertz CT molecular complexity index is 521. The summed E-state index contributed by atoms with van der Waals surface area (Å²) in [5.74, 6) is 0.874. The molecule has 0 unspecified atom stereocenters. The number of aliphatic hydroxyl groups is 1. The molecule has 2 aliphatic rings. The Morgan fingerprint density at radius 3 is 2.74 bits per heavy atom. The number of ether oxygens (including phenoxy) is 1. The molecule has 1 saturated heterocycles. The van der Waals surface area contributed by atoms with Crippen LogP contribution in [0.4, 0.5) is 0 Å². The molecule has 3 rings (SSSR count). The van der Waals surface area contributed by atoms with Gasteiger partial charge in [-0.2, -0.15) is 0 Å². The number of methoxy groups -OCH3 is 1. The van der Waals surface area contributed by atoms with Crippen molar-refractivity contribution in [2.24, 2.45) is 5.92 Å². The summed E-state index contributed by atoms with van der Waals surface area (Å²) in [5, 5.41) is 10.3. The van der Waals surface area contributed by atoms with E-state index in [0.717, 1.165) is 17.3 Å². The number of β-amino-alcohol motifs (C(OH)–C–C–N with tert-alkyl or cyclic N) is 1. The SMILES string of the molecule is COc1cc(Br)ccc1C(=O)N1CC(O)(C2CC2)C1. The van der Waals surface area contributed by atoms with Gasteiger partial charge in [0, 0.05) is 4.47 Å². The van der Waals surface area contributed by atoms with Crippen molar-refractivity contribution in [1.82, 2.24) is 4.90 Å². The molecule has 1 amide bonds. The molecule has 1 saturated carbocycles. The molecule has 19 heavy (non-hydrogen) atoms. The van der Waals surface area contributed by atoms with Crippen LogP contribution in [-0.4, -0.2) is 41.7 Å². The van der Waals surface area contributed by atoms with Crippen LogP contribution in [0.15, 0.2) is 22.7 Å². The number of carbonyl (C=O) groups excluding carboxylic acids is 1. The zero-order valence-corrected chi connectivity index (χ0v) is 12.3. The number of hydrogen-bond donors (Lipinski definition) is 1. The molecule has 0 spiro atoms. The smallest absolute Gasteiger partial charge is 0.257 e. The quantitative estimate of drug-likeness (QED) is 0.925. The molecule has 0 aromatic heterocycles. The molecular formula is C14H16BrNO3. The number of hydrogen-bond acceptors (Lipinski definition) is 3. The third-order valence-electron chi connectivity index (χ3n) is 3.95. The Morgan fingerprint density at radius 1 is 1.47 bits per heavy atom. The van der Waals surface area contributed by atoms with Gasteiger partial charge in [0.05, 0.1) is 25.8 Å². The second-order valence-electron chi connectivity index (χ2n) is 5.38. The molecule has 1 aromatic carbocycles. The maximum atomic E-state index is 12.4. The summed E-state index contributed by atoms with van der Waals surface area (Å²) in [4.78, 5) is 14.1. The highest BCUT2D eigenvalue weighted by atomic mass is 79.9. The summed E-state index contributed by atoms with van der Waals surface area (Å²) < 4.78 is 6.11. The normalized spacial score (nSPS) is 20.9. The molecule has 5 heteroatoms. The van der Waals surface area contributed by atoms with Gasteiger partial charge in [-0.25, -0.2) is 0 Å². The average Bonchev–Trinajstić information content (AvgIpc) is 3.18. The lowest BCUT2D eigenvalue weighted by atomic mass is 9.88. The predicted molar refractivity (Wildman–Crippen MR) is 74.3 cm³/mol. The highest BCUT2D eigenvalue weighted by Gasteiger charge is 2.53. The van der Waals surface area contributed by atoms with E-state index >= 15 is 0 Å². The first kappa shape index (κ1) is 12.9. The number of rotatable bonds is 3. The molecule has 0 radical (unpaired) electrons. The first-order chi connectivity index (χ1) is 9.03. The Morgan fingerprint density at radius 2 is 2.16 bits per heavy atom. The summed E-state index contributed by atoms with van der Waals surface area (Å²) in [7, 11) is 1.55. The lowest BCUT2D eigenvalue weighted by Gasteiger charge is -2.47. The van der Waals surface area contributed by atoms with Gasteiger partial charge in [-0.05, 0) is 37.0 Å². The van der Waals surface area contributed by atoms with Gasteiger partial charge in [-0.3, -0.25) is 4.79 Å². The zero-order valence-electron chi connectivity index (χ0n) is 10.7. The van der Waals surface area contributed by atoms with E-state index in [1.165, 1.54) is 0 Å². The van der Waals surface area contributed by atoms with Gasteiger partial charge in [0.15, 0.2) is 0 Å². The van der Waals surface area contributed by atoms with Crippen molar-refractivity contribution in [3.8, 4) is 5.75 Å². The maximum absolute atomic E-state index is 12.4. The fourth-order valence-corrected chi connectivity index (χ4v) is 2.99. The highest BCUT2D eigenvalue weighted by Crippen LogP contribution is 2.45. The van der Waals surface area contributed by atoms with E-state index in [1.807, 2.05) is 6.07 Å². The number of nitrogens with zero attached hydrogens (tertiary/aromatic N) is 1. The second-order valence-corrected chi connectivity index (χ2v) is 6.30. The van der Waals surface area contributed by atoms with E-state index in [1.54, 1.807) is 24.1 Å². The number of likely N-dealkylation sites (tertiary alicyclic amines) is 1. The number of halogens is 1. The number of carbonyl (C=O) groups is 1. The van der Waals surface area contributed by atoms with E-state index in [-0.39, 0.29) is 5.91 Å². The molecule has 1 aromatic rings. The van der Waals surface area contributed by atoms with E-state index < -0.39 is 5.60 Å². The van der Waals surface area contributed by atoms with Gasteiger partial charge in [0.25, 0.3) is 5.91 Å². The third kappa shape index (κ3) is 2.25. The fraction of sp³-hybridized carbons (Fsp3) is 0.500. The Hall–Kier alpha value is -1.07. The summed E-state index contributed by atoms with van der Waals surface area (Å²) in [6.07, 6.45) is 2.17. The number of benzene rings is 1. The average molecular weight is 326 g/mol. The van der Waals surface area contributed by atoms with Crippen LogP contribution >= 0.6 is 15.9 Å². The van der Waals surface area contributed by atoms with Crippen LogP contribution < -0.4 is 4.74 Å². The molecule has 102 valence electrons. The molecule has 2 fully saturated rings. The van der Waals surface area contributed by atoms with Crippen LogP contribution in [0.25, 0.3) is 0 Å². The van der Waals surface area contributed by atoms with Crippen molar-refractivity contribution >= 4 is 21.8 Å². The van der Waals surface area contributed by atoms with Crippen molar-refractivity contribution in [3.05, 3.63) is 28.2 Å². The molecule has 0 atom stereocenters. The van der Waals surface area contributed by atoms with E-state index in [2.05, 4.69) is 15.9 Å². The van der Waals surface area contributed by atoms with Gasteiger partial charge < -0.3 is 14.7 Å². The molecule has 1 N–H and O–H groups in total. The predicted octanol–water partition coefficient (Wildman–Crippen LogP) is 2.05. The van der Waals surface area contributed by atoms with Crippen LogP contribution in [0.3, 0.4) is 0 Å². The third-order valence-corrected chi connectivity index (χ3v) is 4.44. The van der Waals surface area contributed by atoms with Crippen LogP contribution in [-0.2, 0) is 0 Å². The molecular weight excluding hydrogens is 310 g/mol. The highest BCUT2D eigenvalue weighted by molar-refractivity contribution is 9.10. The first-order valence-corrected chi connectivity index (χ1v) is 7.18. The summed E-state index contributed by atoms with van der Waals surface area (Å²) in [6.45, 7) is 0.880. The largest absolute Gasteiger partial charge is 0.496 e. The molecule has 0 bridgehead atoms. The van der Waals surface area contributed by atoms with E-state index in [4.69, 9.17) is 4.74 Å². The van der Waals surface area contributed by atoms with Crippen molar-refractivity contribution in [2.45, 2.75) is 18.4 Å². The standard InChI is InChI=1S/C14H16BrNO3/c1-19-12-6-10(15)4-5-11(12)13(17)16-7-14(18,8-16)9-2-3-9/h4-6,9,18H,2-3,7-8H2,1H3. The Labute approximate surface area is 120 Å². The molecule has 1 aliphatic heterocycles. The lowest BCUT2D eigenvalue weighted by molar-refractivity contribution is -0.0958. The van der Waals surface area contributed by atoms with Crippen LogP contribution in [0.5, 0.6) is 5.75 Å². The van der Waals surface area contributed by atoms with Crippen molar-refractivity contribution in [1.29, 1.82) is 0 Å². The molecule has 1 heterocycles. The topological polar surface area (TPSA) is 49.8 Å². The fourth-order valence-electron chi connectivity index (χ4n) is 2.65. The van der Waals surface area contributed by atoms with Crippen molar-refractivity contribution in [2.75, 3.05) is 20.2 Å². The van der Waals surface area contributed by atoms with Gasteiger partial charge in [0.1, 0.15) is 11.4 Å². The minimum atomic E-state index is -0.641. The molecule has 1 aliphatic carbocycles. The van der Waals surface area contributed by atoms with Crippen molar-refractivity contribution < 1.29 is 14.6 Å². The van der Waals surface area contributed by atoms with Gasteiger partial charge in [-0.1, -0.05) is 15.9 Å². The molecule has 4 nitrogen and oxygen atoms in total. The minimum Gasteiger partial charge on any atom is -0.496 e. The Kier molecular flexibility index (Phi) is 3.06. The summed E-state index contributed by atoms with van der Waals surface area (Å²) in [5.41, 5.74) is -0.0957. The zero-order chi connectivity index (χ0) is 13.6. The van der Waals surface area contributed by atoms with Gasteiger partial charge >= 0.3 is 0 Å². The second kappa shape index (κ2) is 4.49. The van der Waals surface area contributed by atoms with E-state index in [0.29, 0.717) is 30.3 Å². The summed E-state index contributed by atoms with van der Waals surface area (Å²) >= 11 is 3.35.